The molecule has 2 saturated heterocycles. The second kappa shape index (κ2) is 7.97. The third kappa shape index (κ3) is 3.85. The molecule has 4 unspecified atom stereocenters. The molecule has 0 amide bonds. The Kier molecular flexibility index (Phi) is 6.73. The molecule has 0 aromatic rings. The van der Waals surface area contributed by atoms with Crippen LogP contribution in [0.1, 0.15) is 0 Å². The summed E-state index contributed by atoms with van der Waals surface area (Å²) in [4.78, 5) is -0.916. The zero-order valence-electron chi connectivity index (χ0n) is 11.9. The van der Waals surface area contributed by atoms with E-state index >= 15 is 0 Å². The van der Waals surface area contributed by atoms with Crippen LogP contribution >= 0.6 is 15.9 Å². The summed E-state index contributed by atoms with van der Waals surface area (Å²) in [7, 11) is 0. The Labute approximate surface area is 140 Å². The molecular weight excluding hydrogens is 384 g/mol. The maximum absolute atomic E-state index is 10.1. The van der Waals surface area contributed by atoms with Crippen LogP contribution in [0.25, 0.3) is 0 Å². The first-order chi connectivity index (χ1) is 10.8. The van der Waals surface area contributed by atoms with E-state index in [2.05, 4.69) is 15.9 Å². The van der Waals surface area contributed by atoms with E-state index in [1.165, 1.54) is 0 Å². The minimum absolute atomic E-state index is 0.587. The first-order valence-corrected chi connectivity index (χ1v) is 7.95. The summed E-state index contributed by atoms with van der Waals surface area (Å²) in [6.45, 7) is -1.21. The summed E-state index contributed by atoms with van der Waals surface area (Å²) >= 11 is 3.02. The van der Waals surface area contributed by atoms with E-state index in [0.717, 1.165) is 0 Å². The van der Waals surface area contributed by atoms with Crippen LogP contribution in [0.4, 0.5) is 0 Å². The van der Waals surface area contributed by atoms with E-state index < -0.39 is 73.3 Å². The summed E-state index contributed by atoms with van der Waals surface area (Å²) in [5.41, 5.74) is 0. The average Bonchev–Trinajstić information content (AvgIpc) is 2.55. The molecule has 10 nitrogen and oxygen atoms in total. The fourth-order valence-electron chi connectivity index (χ4n) is 2.55. The van der Waals surface area contributed by atoms with E-state index in [4.69, 9.17) is 19.3 Å². The molecule has 0 bridgehead atoms. The molecule has 136 valence electrons. The second-order valence-electron chi connectivity index (χ2n) is 5.48. The van der Waals surface area contributed by atoms with Gasteiger partial charge >= 0.3 is 0 Å². The Morgan fingerprint density at radius 3 is 1.96 bits per heavy atom. The number of rotatable bonds is 4. The van der Waals surface area contributed by atoms with Crippen LogP contribution in [0, 0.1) is 0 Å². The lowest BCUT2D eigenvalue weighted by Crippen LogP contribution is -2.63. The van der Waals surface area contributed by atoms with Crippen molar-refractivity contribution in [3.05, 3.63) is 0 Å². The highest BCUT2D eigenvalue weighted by Crippen LogP contribution is 2.30. The van der Waals surface area contributed by atoms with Crippen LogP contribution in [0.15, 0.2) is 0 Å². The Morgan fingerprint density at radius 2 is 1.39 bits per heavy atom. The van der Waals surface area contributed by atoms with E-state index in [1.54, 1.807) is 0 Å². The van der Waals surface area contributed by atoms with Crippen LogP contribution in [0.3, 0.4) is 0 Å². The van der Waals surface area contributed by atoms with Crippen molar-refractivity contribution in [3.8, 4) is 0 Å². The molecule has 0 saturated carbocycles. The van der Waals surface area contributed by atoms with Crippen molar-refractivity contribution >= 4 is 15.9 Å². The molecule has 2 rings (SSSR count). The predicted molar refractivity (Wildman–Crippen MR) is 75.3 cm³/mol. The Morgan fingerprint density at radius 1 is 0.783 bits per heavy atom. The molecule has 11 heteroatoms. The second-order valence-corrected chi connectivity index (χ2v) is 6.54. The minimum atomic E-state index is -1.65. The maximum Gasteiger partial charge on any atom is 0.187 e. The molecule has 10 atom stereocenters. The lowest BCUT2D eigenvalue weighted by molar-refractivity contribution is -0.340. The topological polar surface area (TPSA) is 169 Å². The highest BCUT2D eigenvalue weighted by atomic mass is 79.9. The zero-order chi connectivity index (χ0) is 17.3. The van der Waals surface area contributed by atoms with Gasteiger partial charge in [0.25, 0.3) is 0 Å². The van der Waals surface area contributed by atoms with Gasteiger partial charge in [-0.25, -0.2) is 0 Å². The average molecular weight is 405 g/mol. The van der Waals surface area contributed by atoms with Gasteiger partial charge < -0.3 is 50.0 Å². The van der Waals surface area contributed by atoms with Gasteiger partial charge in [-0.1, -0.05) is 15.9 Å². The van der Waals surface area contributed by atoms with Gasteiger partial charge in [0.05, 0.1) is 18.0 Å². The van der Waals surface area contributed by atoms with Gasteiger partial charge in [0.2, 0.25) is 0 Å². The summed E-state index contributed by atoms with van der Waals surface area (Å²) in [5.74, 6) is 0. The monoisotopic (exact) mass is 404 g/mol. The van der Waals surface area contributed by atoms with E-state index in [9.17, 15) is 30.6 Å². The Hall–Kier alpha value is 0.0800. The molecule has 2 aliphatic rings. The van der Waals surface area contributed by atoms with Crippen LogP contribution in [0.5, 0.6) is 0 Å². The molecule has 23 heavy (non-hydrogen) atoms. The molecule has 0 aliphatic carbocycles. The zero-order valence-corrected chi connectivity index (χ0v) is 13.5. The molecule has 2 aliphatic heterocycles. The normalized spacial score (nSPS) is 51.7. The molecule has 7 N–H and O–H groups in total. The number of aliphatic hydroxyl groups is 7. The smallest absolute Gasteiger partial charge is 0.187 e. The van der Waals surface area contributed by atoms with Crippen molar-refractivity contribution in [2.75, 3.05) is 13.2 Å². The quantitative estimate of drug-likeness (QED) is 0.229. The van der Waals surface area contributed by atoms with Crippen molar-refractivity contribution in [1.29, 1.82) is 0 Å². The Bertz CT molecular complexity index is 383. The van der Waals surface area contributed by atoms with Crippen molar-refractivity contribution in [2.24, 2.45) is 0 Å². The van der Waals surface area contributed by atoms with Gasteiger partial charge in [0.15, 0.2) is 12.6 Å². The maximum atomic E-state index is 10.1. The van der Waals surface area contributed by atoms with Crippen molar-refractivity contribution in [2.45, 2.75) is 60.1 Å². The van der Waals surface area contributed by atoms with Crippen molar-refractivity contribution < 1.29 is 50.0 Å². The SMILES string of the molecule is OCC1OC(O[C@H]2C(CO)OC(O)[C@@H](Br)[C@H]2O)[C@@H](O)[C@@H](O)[C@H]1O. The van der Waals surface area contributed by atoms with Gasteiger partial charge in [0, 0.05) is 0 Å². The number of halogens is 1. The van der Waals surface area contributed by atoms with Crippen LogP contribution < -0.4 is 0 Å². The van der Waals surface area contributed by atoms with Crippen LogP contribution in [0.2, 0.25) is 0 Å². The lowest BCUT2D eigenvalue weighted by Gasteiger charge is -2.45. The molecule has 0 radical (unpaired) electrons. The molecule has 0 spiro atoms. The minimum Gasteiger partial charge on any atom is -0.394 e. The number of alkyl halides is 1. The highest BCUT2D eigenvalue weighted by Gasteiger charge is 2.49. The summed E-state index contributed by atoms with van der Waals surface area (Å²) in [6, 6.07) is 0. The van der Waals surface area contributed by atoms with Gasteiger partial charge in [-0.3, -0.25) is 0 Å². The molecule has 2 fully saturated rings. The van der Waals surface area contributed by atoms with Gasteiger partial charge in [-0.05, 0) is 0 Å². The van der Waals surface area contributed by atoms with Gasteiger partial charge in [-0.2, -0.15) is 0 Å². The standard InChI is InChI=1S/C12H21BrO10/c13-5-7(17)10(4(2-15)21-11(5)20)23-12-9(19)8(18)6(16)3(1-14)22-12/h3-12,14-20H,1-2H2/t3?,4?,5-,6-,7+,8-,9-,10-,11?,12?/m0/s1. The summed E-state index contributed by atoms with van der Waals surface area (Å²) in [5, 5.41) is 67.5. The predicted octanol–water partition coefficient (Wildman–Crippen LogP) is -3.99. The highest BCUT2D eigenvalue weighted by molar-refractivity contribution is 9.09. The van der Waals surface area contributed by atoms with Crippen LogP contribution in [-0.4, -0.2) is 109 Å². The third-order valence-electron chi connectivity index (χ3n) is 3.94. The summed E-state index contributed by atoms with van der Waals surface area (Å²) in [6.07, 6.45) is -12.5. The number of ether oxygens (including phenoxy) is 3. The lowest BCUT2D eigenvalue weighted by atomic mass is 9.98. The van der Waals surface area contributed by atoms with Gasteiger partial charge in [0.1, 0.15) is 42.7 Å². The molecule has 2 heterocycles. The number of hydrogen-bond acceptors (Lipinski definition) is 10. The fourth-order valence-corrected chi connectivity index (χ4v) is 2.98. The summed E-state index contributed by atoms with van der Waals surface area (Å²) < 4.78 is 15.7. The molecular formula is C12H21BrO10. The van der Waals surface area contributed by atoms with Gasteiger partial charge in [-0.15, -0.1) is 0 Å². The number of hydrogen-bond donors (Lipinski definition) is 7. The van der Waals surface area contributed by atoms with Crippen molar-refractivity contribution in [1.82, 2.24) is 0 Å². The third-order valence-corrected chi connectivity index (χ3v) is 4.93. The molecule has 0 aromatic carbocycles. The first-order valence-electron chi connectivity index (χ1n) is 7.04. The first kappa shape index (κ1) is 19.4. The number of aliphatic hydroxyl groups excluding tert-OH is 7. The largest absolute Gasteiger partial charge is 0.394 e. The fraction of sp³-hybridized carbons (Fsp3) is 1.00. The van der Waals surface area contributed by atoms with Crippen LogP contribution in [-0.2, 0) is 14.2 Å². The Balaban J connectivity index is 2.11. The van der Waals surface area contributed by atoms with E-state index in [0.29, 0.717) is 0 Å². The van der Waals surface area contributed by atoms with E-state index in [-0.39, 0.29) is 0 Å². The van der Waals surface area contributed by atoms with Crippen molar-refractivity contribution in [3.63, 3.8) is 0 Å². The van der Waals surface area contributed by atoms with E-state index in [1.807, 2.05) is 0 Å². The molecule has 0 aromatic heterocycles.